The van der Waals surface area contributed by atoms with Crippen LogP contribution in [-0.4, -0.2) is 77.0 Å². The number of aromatic amines is 1. The quantitative estimate of drug-likeness (QED) is 0.0683. The number of anilines is 1. The Balaban J connectivity index is 1.07. The molecule has 1 saturated heterocycles. The molecule has 20 heteroatoms. The van der Waals surface area contributed by atoms with Crippen LogP contribution in [0.25, 0.3) is 11.2 Å². The van der Waals surface area contributed by atoms with Gasteiger partial charge in [-0.05, 0) is 24.0 Å². The molecule has 4 aromatic rings. The van der Waals surface area contributed by atoms with Gasteiger partial charge in [-0.15, -0.1) is 0 Å². The molecule has 258 valence electrons. The molecule has 6 atom stereocenters. The minimum absolute atomic E-state index is 0.0622. The van der Waals surface area contributed by atoms with Crippen LogP contribution in [-0.2, 0) is 32.0 Å². The van der Waals surface area contributed by atoms with E-state index in [1.165, 1.54) is 0 Å². The highest BCUT2D eigenvalue weighted by Gasteiger charge is 2.46. The molecule has 5 rings (SSSR count). The molecular weight excluding hydrogens is 674 g/mol. The van der Waals surface area contributed by atoms with Gasteiger partial charge in [0.1, 0.15) is 18.3 Å². The second-order valence-corrected chi connectivity index (χ2v) is 13.8. The van der Waals surface area contributed by atoms with Crippen LogP contribution in [0.4, 0.5) is 5.95 Å². The first-order chi connectivity index (χ1) is 22.8. The summed E-state index contributed by atoms with van der Waals surface area (Å²) in [4.78, 5) is 54.9. The Hall–Kier alpha value is -3.80. The van der Waals surface area contributed by atoms with Gasteiger partial charge in [-0.2, -0.15) is 9.29 Å². The summed E-state index contributed by atoms with van der Waals surface area (Å²) in [5.74, 6) is -0.499. The standard InChI is InChI=1S/C28H34N6O12P2/c29-28-32-25-22(26(38)33-28)30-16-34(25)27-24(37)23(36)19(45-27)15-44-48(41,42)46-47(39,40)43-14-8-7-13-20(35)31-21(17-9-3-1-4-10-17)18-11-5-2-6-12-18/h1-6,9-12,16,19,21,23-24,27,36-37H,7-8,13-15H2,(H,31,35)(H,39,40)(H,41,42)(H3,29,32,33,38)/t19-,23-,24-,27-/m1/s1. The Kier molecular flexibility index (Phi) is 11.2. The zero-order valence-corrected chi connectivity index (χ0v) is 26.9. The van der Waals surface area contributed by atoms with Crippen LogP contribution in [0.2, 0.25) is 0 Å². The number of fused-ring (bicyclic) bond motifs is 1. The minimum atomic E-state index is -5.26. The number of hydrogen-bond acceptors (Lipinski definition) is 13. The molecule has 0 aliphatic carbocycles. The number of aliphatic hydroxyl groups excluding tert-OH is 2. The highest BCUT2D eigenvalue weighted by molar-refractivity contribution is 7.61. The number of amides is 1. The number of carbonyl (C=O) groups is 1. The van der Waals surface area contributed by atoms with Crippen molar-refractivity contribution in [3.05, 3.63) is 88.5 Å². The van der Waals surface area contributed by atoms with Gasteiger partial charge in [-0.1, -0.05) is 60.7 Å². The number of carbonyl (C=O) groups excluding carboxylic acids is 1. The summed E-state index contributed by atoms with van der Waals surface area (Å²) in [6, 6.07) is 18.5. The number of rotatable bonds is 15. The zero-order chi connectivity index (χ0) is 34.5. The maximum Gasteiger partial charge on any atom is 0.481 e. The van der Waals surface area contributed by atoms with E-state index in [1.807, 2.05) is 60.7 Å². The lowest BCUT2D eigenvalue weighted by molar-refractivity contribution is -0.121. The fourth-order valence-corrected chi connectivity index (χ4v) is 7.14. The minimum Gasteiger partial charge on any atom is -0.387 e. The second kappa shape index (κ2) is 15.2. The number of nitrogens with two attached hydrogens (primary N) is 1. The highest BCUT2D eigenvalue weighted by Crippen LogP contribution is 2.60. The van der Waals surface area contributed by atoms with Crippen LogP contribution in [0.15, 0.2) is 71.8 Å². The Bertz CT molecular complexity index is 1820. The number of aromatic nitrogens is 4. The molecule has 18 nitrogen and oxygen atoms in total. The molecular formula is C28H34N6O12P2. The van der Waals surface area contributed by atoms with E-state index >= 15 is 0 Å². The number of imidazole rings is 1. The number of H-pyrrole nitrogens is 1. The third kappa shape index (κ3) is 8.80. The summed E-state index contributed by atoms with van der Waals surface area (Å²) in [5, 5.41) is 23.9. The van der Waals surface area contributed by atoms with Crippen LogP contribution >= 0.6 is 15.6 Å². The summed E-state index contributed by atoms with van der Waals surface area (Å²) in [5.41, 5.74) is 6.53. The predicted molar refractivity (Wildman–Crippen MR) is 168 cm³/mol. The van der Waals surface area contributed by atoms with Crippen LogP contribution in [0, 0.1) is 0 Å². The first-order valence-corrected chi connectivity index (χ1v) is 17.6. The fraction of sp³-hybridized carbons (Fsp3) is 0.357. The normalized spacial score (nSPS) is 22.0. The van der Waals surface area contributed by atoms with Crippen molar-refractivity contribution >= 4 is 38.7 Å². The lowest BCUT2D eigenvalue weighted by atomic mass is 9.98. The van der Waals surface area contributed by atoms with Crippen LogP contribution in [0.3, 0.4) is 0 Å². The van der Waals surface area contributed by atoms with Crippen molar-refractivity contribution in [3.63, 3.8) is 0 Å². The number of ether oxygens (including phenoxy) is 1. The predicted octanol–water partition coefficient (Wildman–Crippen LogP) is 1.65. The number of nitrogen functional groups attached to an aromatic ring is 1. The number of unbranched alkanes of at least 4 members (excludes halogenated alkanes) is 1. The fourth-order valence-electron chi connectivity index (χ4n) is 5.02. The van der Waals surface area contributed by atoms with Gasteiger partial charge in [-0.3, -0.25) is 28.2 Å². The van der Waals surface area contributed by atoms with Gasteiger partial charge in [0, 0.05) is 6.42 Å². The number of phosphoric ester groups is 2. The molecule has 8 N–H and O–H groups in total. The Morgan fingerprint density at radius 1 is 1.00 bits per heavy atom. The van der Waals surface area contributed by atoms with Gasteiger partial charge in [0.2, 0.25) is 11.9 Å². The average Bonchev–Trinajstić information content (AvgIpc) is 3.59. The van der Waals surface area contributed by atoms with E-state index in [-0.39, 0.29) is 54.9 Å². The first-order valence-electron chi connectivity index (χ1n) is 14.6. The number of aliphatic hydroxyl groups is 2. The third-order valence-corrected chi connectivity index (χ3v) is 9.93. The van der Waals surface area contributed by atoms with Crippen LogP contribution < -0.4 is 16.6 Å². The maximum atomic E-state index is 12.7. The smallest absolute Gasteiger partial charge is 0.387 e. The summed E-state index contributed by atoms with van der Waals surface area (Å²) < 4.78 is 45.3. The molecule has 48 heavy (non-hydrogen) atoms. The summed E-state index contributed by atoms with van der Waals surface area (Å²) in [6.07, 6.45) is -4.50. The number of benzene rings is 2. The van der Waals surface area contributed by atoms with Crippen molar-refractivity contribution in [1.29, 1.82) is 0 Å². The molecule has 3 heterocycles. The number of phosphoric acid groups is 2. The lowest BCUT2D eigenvalue weighted by Crippen LogP contribution is -2.33. The maximum absolute atomic E-state index is 12.7. The Morgan fingerprint density at radius 3 is 2.27 bits per heavy atom. The number of nitrogens with zero attached hydrogens (tertiary/aromatic N) is 3. The van der Waals surface area contributed by atoms with Gasteiger partial charge >= 0.3 is 15.6 Å². The molecule has 0 saturated carbocycles. The highest BCUT2D eigenvalue weighted by atomic mass is 31.3. The van der Waals surface area contributed by atoms with E-state index in [9.17, 15) is 38.7 Å². The largest absolute Gasteiger partial charge is 0.481 e. The van der Waals surface area contributed by atoms with Crippen molar-refractivity contribution in [2.45, 2.75) is 49.8 Å². The van der Waals surface area contributed by atoms with Crippen molar-refractivity contribution in [3.8, 4) is 0 Å². The van der Waals surface area contributed by atoms with Gasteiger partial charge in [0.05, 0.1) is 25.6 Å². The van der Waals surface area contributed by atoms with E-state index in [0.717, 1.165) is 22.0 Å². The number of nitrogens with one attached hydrogen (secondary N) is 2. The van der Waals surface area contributed by atoms with E-state index in [2.05, 4.69) is 24.6 Å². The van der Waals surface area contributed by atoms with Crippen molar-refractivity contribution in [2.75, 3.05) is 18.9 Å². The summed E-state index contributed by atoms with van der Waals surface area (Å²) in [6.45, 7) is -1.26. The zero-order valence-electron chi connectivity index (χ0n) is 25.1. The monoisotopic (exact) mass is 708 g/mol. The van der Waals surface area contributed by atoms with E-state index in [4.69, 9.17) is 19.5 Å². The van der Waals surface area contributed by atoms with E-state index < -0.39 is 52.4 Å². The molecule has 0 radical (unpaired) electrons. The Morgan fingerprint density at radius 2 is 1.62 bits per heavy atom. The molecule has 1 aliphatic rings. The van der Waals surface area contributed by atoms with Gasteiger partial charge in [0.15, 0.2) is 17.4 Å². The molecule has 2 aromatic carbocycles. The molecule has 0 spiro atoms. The third-order valence-electron chi connectivity index (χ3n) is 7.29. The molecule has 1 aliphatic heterocycles. The van der Waals surface area contributed by atoms with Gasteiger partial charge < -0.3 is 35.8 Å². The Labute approximate surface area is 272 Å². The molecule has 1 fully saturated rings. The number of hydrogen-bond donors (Lipinski definition) is 7. The summed E-state index contributed by atoms with van der Waals surface area (Å²) in [7, 11) is -10.4. The van der Waals surface area contributed by atoms with Crippen molar-refractivity contribution < 1.29 is 52.0 Å². The second-order valence-electron chi connectivity index (χ2n) is 10.7. The van der Waals surface area contributed by atoms with Crippen molar-refractivity contribution in [1.82, 2.24) is 24.8 Å². The molecule has 1 amide bonds. The van der Waals surface area contributed by atoms with Gasteiger partial charge in [0.25, 0.3) is 5.56 Å². The van der Waals surface area contributed by atoms with Crippen LogP contribution in [0.5, 0.6) is 0 Å². The lowest BCUT2D eigenvalue weighted by Gasteiger charge is -2.20. The topological polar surface area (TPSA) is 271 Å². The van der Waals surface area contributed by atoms with Crippen molar-refractivity contribution in [2.24, 2.45) is 0 Å². The van der Waals surface area contributed by atoms with Crippen LogP contribution in [0.1, 0.15) is 42.7 Å². The van der Waals surface area contributed by atoms with Gasteiger partial charge in [-0.25, -0.2) is 14.1 Å². The van der Waals surface area contributed by atoms with E-state index in [1.54, 1.807) is 0 Å². The molecule has 2 aromatic heterocycles. The first kappa shape index (κ1) is 35.5. The SMILES string of the molecule is Nc1nc2c(ncn2[C@@H]2O[C@H](COP(=O)(O)OP(=O)(O)OCCCCC(=O)NC(c3ccccc3)c3ccccc3)[C@@H](O)[C@H]2O)c(=O)[nH]1. The van der Waals surface area contributed by atoms with E-state index in [0.29, 0.717) is 0 Å². The molecule has 0 bridgehead atoms. The molecule has 2 unspecified atom stereocenters. The average molecular weight is 709 g/mol. The summed E-state index contributed by atoms with van der Waals surface area (Å²) >= 11 is 0.